The lowest BCUT2D eigenvalue weighted by Crippen LogP contribution is -2.39. The van der Waals surface area contributed by atoms with Crippen molar-refractivity contribution in [3.8, 4) is 0 Å². The molecule has 2 aliphatic heterocycles. The number of imidazole rings is 1. The van der Waals surface area contributed by atoms with Crippen LogP contribution in [0.4, 0.5) is 0 Å². The van der Waals surface area contributed by atoms with E-state index in [1.165, 1.54) is 29.3 Å². The summed E-state index contributed by atoms with van der Waals surface area (Å²) >= 11 is 1.52. The number of thioether (sulfide) groups is 1. The first kappa shape index (κ1) is 22.2. The third-order valence-corrected chi connectivity index (χ3v) is 7.92. The molecule has 1 N–H and O–H groups in total. The molecule has 172 valence electrons. The molecule has 2 aromatic heterocycles. The Balaban J connectivity index is 1.04. The van der Waals surface area contributed by atoms with E-state index in [-0.39, 0.29) is 5.91 Å². The summed E-state index contributed by atoms with van der Waals surface area (Å²) in [6.45, 7) is 6.39. The van der Waals surface area contributed by atoms with Crippen LogP contribution in [0.2, 0.25) is 0 Å². The maximum atomic E-state index is 12.8. The summed E-state index contributed by atoms with van der Waals surface area (Å²) in [6, 6.07) is 15.1. The second-order valence-corrected chi connectivity index (χ2v) is 10.2. The number of nitrogens with zero attached hydrogens (tertiary/aromatic N) is 3. The number of piperidine rings is 1. The number of pyridine rings is 1. The van der Waals surface area contributed by atoms with Gasteiger partial charge >= 0.3 is 0 Å². The molecule has 6 heteroatoms. The molecule has 0 bridgehead atoms. The topological polar surface area (TPSA) is 49.6 Å². The molecular weight excluding hydrogens is 428 g/mol. The van der Waals surface area contributed by atoms with Crippen LogP contribution < -0.4 is 5.32 Å². The molecule has 0 unspecified atom stereocenters. The van der Waals surface area contributed by atoms with Gasteiger partial charge in [-0.15, -0.1) is 0 Å². The summed E-state index contributed by atoms with van der Waals surface area (Å²) in [5.41, 5.74) is 4.75. The Kier molecular flexibility index (Phi) is 6.83. The zero-order chi connectivity index (χ0) is 22.6. The SMILES string of the molecule is CCc1ccc(CCCN2CCC(CNC(=O)C3=Cc4cnc5cccc(n45)S3)CC2)cc1. The number of nitrogens with one attached hydrogen (secondary N) is 1. The second-order valence-electron chi connectivity index (χ2n) is 9.12. The zero-order valence-corrected chi connectivity index (χ0v) is 20.1. The number of hydrogen-bond donors (Lipinski definition) is 1. The van der Waals surface area contributed by atoms with E-state index in [2.05, 4.69) is 50.8 Å². The molecular formula is C27H32N4OS. The van der Waals surface area contributed by atoms with E-state index in [0.29, 0.717) is 5.92 Å². The Morgan fingerprint density at radius 2 is 1.91 bits per heavy atom. The van der Waals surface area contributed by atoms with Crippen LogP contribution in [0.1, 0.15) is 43.0 Å². The number of amides is 1. The van der Waals surface area contributed by atoms with Crippen molar-refractivity contribution < 1.29 is 4.79 Å². The average Bonchev–Trinajstić information content (AvgIpc) is 3.28. The fourth-order valence-corrected chi connectivity index (χ4v) is 5.79. The van der Waals surface area contributed by atoms with Gasteiger partial charge in [-0.2, -0.15) is 0 Å². The number of rotatable bonds is 8. The number of benzene rings is 1. The number of aryl methyl sites for hydroxylation is 2. The molecule has 1 saturated heterocycles. The van der Waals surface area contributed by atoms with Crippen LogP contribution in [0, 0.1) is 5.92 Å². The molecule has 5 nitrogen and oxygen atoms in total. The lowest BCUT2D eigenvalue weighted by Gasteiger charge is -2.32. The summed E-state index contributed by atoms with van der Waals surface area (Å²) in [5.74, 6) is 0.593. The molecule has 1 aromatic carbocycles. The molecule has 0 atom stereocenters. The standard InChI is InChI=1S/C27H32N4OS/c1-2-20-8-10-21(11-9-20)5-4-14-30-15-12-22(13-16-30)18-29-27(32)24-17-23-19-28-25-6-3-7-26(33-24)31(23)25/h3,6-11,17,19,22H,2,4-5,12-16,18H2,1H3,(H,29,32). The highest BCUT2D eigenvalue weighted by Crippen LogP contribution is 2.34. The maximum absolute atomic E-state index is 12.8. The van der Waals surface area contributed by atoms with E-state index in [1.54, 1.807) is 0 Å². The number of carbonyl (C=O) groups excluding carboxylic acids is 1. The van der Waals surface area contributed by atoms with Crippen LogP contribution in [0.25, 0.3) is 11.7 Å². The second kappa shape index (κ2) is 10.1. The fourth-order valence-electron chi connectivity index (χ4n) is 4.79. The summed E-state index contributed by atoms with van der Waals surface area (Å²) < 4.78 is 2.09. The molecule has 4 heterocycles. The number of aromatic nitrogens is 2. The van der Waals surface area contributed by atoms with Gasteiger partial charge in [0.2, 0.25) is 0 Å². The summed E-state index contributed by atoms with van der Waals surface area (Å²) in [6.07, 6.45) is 9.57. The van der Waals surface area contributed by atoms with Crippen LogP contribution >= 0.6 is 11.8 Å². The molecule has 0 saturated carbocycles. The molecule has 2 aliphatic rings. The zero-order valence-electron chi connectivity index (χ0n) is 19.3. The van der Waals surface area contributed by atoms with Crippen molar-refractivity contribution in [2.24, 2.45) is 5.92 Å². The van der Waals surface area contributed by atoms with Gasteiger partial charge in [0.05, 0.1) is 21.8 Å². The Hall–Kier alpha value is -2.57. The first-order valence-electron chi connectivity index (χ1n) is 12.1. The third-order valence-electron chi connectivity index (χ3n) is 6.87. The van der Waals surface area contributed by atoms with Gasteiger partial charge in [-0.05, 0) is 87.0 Å². The van der Waals surface area contributed by atoms with Gasteiger partial charge in [-0.25, -0.2) is 4.98 Å². The normalized spacial score (nSPS) is 16.7. The predicted molar refractivity (Wildman–Crippen MR) is 135 cm³/mol. The summed E-state index contributed by atoms with van der Waals surface area (Å²) in [4.78, 5) is 20.6. The first-order chi connectivity index (χ1) is 16.2. The van der Waals surface area contributed by atoms with E-state index in [1.807, 2.05) is 30.5 Å². The lowest BCUT2D eigenvalue weighted by molar-refractivity contribution is -0.117. The minimum Gasteiger partial charge on any atom is -0.351 e. The maximum Gasteiger partial charge on any atom is 0.258 e. The highest BCUT2D eigenvalue weighted by Gasteiger charge is 2.23. The van der Waals surface area contributed by atoms with Crippen LogP contribution in [0.15, 0.2) is 58.6 Å². The Bertz CT molecular complexity index is 1140. The van der Waals surface area contributed by atoms with E-state index in [9.17, 15) is 4.79 Å². The average molecular weight is 461 g/mol. The van der Waals surface area contributed by atoms with Crippen molar-refractivity contribution >= 4 is 29.4 Å². The monoisotopic (exact) mass is 460 g/mol. The van der Waals surface area contributed by atoms with Gasteiger partial charge in [0.1, 0.15) is 5.65 Å². The van der Waals surface area contributed by atoms with E-state index >= 15 is 0 Å². The first-order valence-corrected chi connectivity index (χ1v) is 13.0. The quantitative estimate of drug-likeness (QED) is 0.524. The molecule has 1 fully saturated rings. The molecule has 3 aromatic rings. The Morgan fingerprint density at radius 1 is 1.12 bits per heavy atom. The summed E-state index contributed by atoms with van der Waals surface area (Å²) in [5, 5.41) is 4.23. The van der Waals surface area contributed by atoms with E-state index < -0.39 is 0 Å². The van der Waals surface area contributed by atoms with Crippen molar-refractivity contribution in [1.82, 2.24) is 19.6 Å². The van der Waals surface area contributed by atoms with Gasteiger partial charge in [0, 0.05) is 6.54 Å². The van der Waals surface area contributed by atoms with Crippen molar-refractivity contribution in [3.63, 3.8) is 0 Å². The largest absolute Gasteiger partial charge is 0.351 e. The van der Waals surface area contributed by atoms with Crippen LogP contribution in [-0.4, -0.2) is 46.4 Å². The third kappa shape index (κ3) is 5.17. The molecule has 1 amide bonds. The van der Waals surface area contributed by atoms with Crippen LogP contribution in [-0.2, 0) is 17.6 Å². The molecule has 5 rings (SSSR count). The Labute approximate surface area is 200 Å². The van der Waals surface area contributed by atoms with Crippen molar-refractivity contribution in [1.29, 1.82) is 0 Å². The number of hydrogen-bond acceptors (Lipinski definition) is 4. The van der Waals surface area contributed by atoms with Gasteiger partial charge in [0.15, 0.2) is 0 Å². The molecule has 0 spiro atoms. The van der Waals surface area contributed by atoms with Gasteiger partial charge in [0.25, 0.3) is 5.91 Å². The minimum atomic E-state index is 0.0287. The fraction of sp³-hybridized carbons (Fsp3) is 0.407. The highest BCUT2D eigenvalue weighted by atomic mass is 32.2. The van der Waals surface area contributed by atoms with Crippen molar-refractivity contribution in [3.05, 3.63) is 70.4 Å². The van der Waals surface area contributed by atoms with Gasteiger partial charge in [-0.3, -0.25) is 9.20 Å². The smallest absolute Gasteiger partial charge is 0.258 e. The van der Waals surface area contributed by atoms with Crippen LogP contribution in [0.3, 0.4) is 0 Å². The van der Waals surface area contributed by atoms with Crippen molar-refractivity contribution in [2.45, 2.75) is 44.1 Å². The molecule has 33 heavy (non-hydrogen) atoms. The lowest BCUT2D eigenvalue weighted by atomic mass is 9.96. The van der Waals surface area contributed by atoms with E-state index in [4.69, 9.17) is 0 Å². The van der Waals surface area contributed by atoms with Gasteiger partial charge in [-0.1, -0.05) is 49.0 Å². The number of carbonyl (C=O) groups is 1. The van der Waals surface area contributed by atoms with Crippen molar-refractivity contribution in [2.75, 3.05) is 26.2 Å². The van der Waals surface area contributed by atoms with Gasteiger partial charge < -0.3 is 10.2 Å². The molecule has 0 aliphatic carbocycles. The summed E-state index contributed by atoms with van der Waals surface area (Å²) in [7, 11) is 0. The molecule has 0 radical (unpaired) electrons. The van der Waals surface area contributed by atoms with E-state index in [0.717, 1.165) is 73.1 Å². The predicted octanol–water partition coefficient (Wildman–Crippen LogP) is 4.80. The highest BCUT2D eigenvalue weighted by molar-refractivity contribution is 8.04. The Morgan fingerprint density at radius 3 is 2.70 bits per heavy atom. The number of likely N-dealkylation sites (tertiary alicyclic amines) is 1. The van der Waals surface area contributed by atoms with Crippen LogP contribution in [0.5, 0.6) is 0 Å². The minimum absolute atomic E-state index is 0.0287.